The molecule has 3 rings (SSSR count). The molecule has 0 aliphatic rings. The fourth-order valence-corrected chi connectivity index (χ4v) is 2.47. The largest absolute Gasteiger partial charge is 0.269 e. The van der Waals surface area contributed by atoms with Gasteiger partial charge in [-0.25, -0.2) is 0 Å². The van der Waals surface area contributed by atoms with Crippen molar-refractivity contribution < 1.29 is 9.68 Å². The Labute approximate surface area is 149 Å². The quantitative estimate of drug-likeness (QED) is 0.525. The van der Waals surface area contributed by atoms with Gasteiger partial charge >= 0.3 is 0 Å². The Morgan fingerprint density at radius 2 is 0.920 bits per heavy atom. The highest BCUT2D eigenvalue weighted by Crippen LogP contribution is 2.09. The van der Waals surface area contributed by atoms with E-state index in [-0.39, 0.29) is 0 Å². The first kappa shape index (κ1) is 17.4. The molecule has 3 heteroatoms. The summed E-state index contributed by atoms with van der Waals surface area (Å²) in [6.45, 7) is 1.65. The monoisotopic (exact) mass is 333 g/mol. The summed E-state index contributed by atoms with van der Waals surface area (Å²) in [5.41, 5.74) is 3.50. The molecule has 0 aromatic heterocycles. The highest BCUT2D eigenvalue weighted by Gasteiger charge is 2.08. The zero-order valence-corrected chi connectivity index (χ0v) is 14.3. The zero-order valence-electron chi connectivity index (χ0n) is 14.3. The Balaban J connectivity index is 1.56. The van der Waals surface area contributed by atoms with Crippen LogP contribution in [0.2, 0.25) is 0 Å². The lowest BCUT2D eigenvalue weighted by Crippen LogP contribution is -2.26. The van der Waals surface area contributed by atoms with E-state index in [4.69, 9.17) is 9.68 Å². The van der Waals surface area contributed by atoms with E-state index in [1.165, 1.54) is 5.56 Å². The second-order valence-electron chi connectivity index (χ2n) is 5.81. The molecular weight excluding hydrogens is 310 g/mol. The molecule has 0 fully saturated rings. The van der Waals surface area contributed by atoms with Crippen molar-refractivity contribution in [2.24, 2.45) is 0 Å². The molecular formula is C22H23NO2. The van der Waals surface area contributed by atoms with Crippen molar-refractivity contribution in [2.45, 2.75) is 19.6 Å². The van der Waals surface area contributed by atoms with E-state index < -0.39 is 0 Å². The van der Waals surface area contributed by atoms with E-state index in [2.05, 4.69) is 24.3 Å². The van der Waals surface area contributed by atoms with Crippen LogP contribution in [0.5, 0.6) is 0 Å². The molecule has 3 nitrogen and oxygen atoms in total. The van der Waals surface area contributed by atoms with E-state index in [0.29, 0.717) is 19.8 Å². The molecule has 0 aliphatic carbocycles. The lowest BCUT2D eigenvalue weighted by atomic mass is 10.2. The molecule has 128 valence electrons. The van der Waals surface area contributed by atoms with Gasteiger partial charge < -0.3 is 0 Å². The summed E-state index contributed by atoms with van der Waals surface area (Å²) in [5.74, 6) is 0. The SMILES string of the molecule is c1ccc(CCN(OCc2ccccc2)OCc2ccccc2)cc1. The van der Waals surface area contributed by atoms with Gasteiger partial charge in [-0.15, -0.1) is 0 Å². The number of hydrogen-bond acceptors (Lipinski definition) is 3. The molecule has 25 heavy (non-hydrogen) atoms. The summed E-state index contributed by atoms with van der Waals surface area (Å²) < 4.78 is 0. The maximum atomic E-state index is 5.88. The lowest BCUT2D eigenvalue weighted by molar-refractivity contribution is -0.379. The van der Waals surface area contributed by atoms with Crippen LogP contribution in [-0.2, 0) is 29.3 Å². The predicted molar refractivity (Wildman–Crippen MR) is 99.3 cm³/mol. The van der Waals surface area contributed by atoms with Gasteiger partial charge in [0.25, 0.3) is 0 Å². The van der Waals surface area contributed by atoms with E-state index in [1.807, 2.05) is 66.7 Å². The predicted octanol–water partition coefficient (Wildman–Crippen LogP) is 4.79. The molecule has 0 aliphatic heterocycles. The number of rotatable bonds is 9. The fourth-order valence-electron chi connectivity index (χ4n) is 2.47. The van der Waals surface area contributed by atoms with Crippen LogP contribution in [0.25, 0.3) is 0 Å². The summed E-state index contributed by atoms with van der Waals surface area (Å²) in [6.07, 6.45) is 0.865. The molecule has 0 heterocycles. The van der Waals surface area contributed by atoms with Crippen molar-refractivity contribution >= 4 is 0 Å². The minimum Gasteiger partial charge on any atom is -0.269 e. The number of nitrogens with zero attached hydrogens (tertiary/aromatic N) is 1. The van der Waals surface area contributed by atoms with E-state index in [9.17, 15) is 0 Å². The van der Waals surface area contributed by atoms with Gasteiger partial charge in [0.05, 0.1) is 19.8 Å². The average molecular weight is 333 g/mol. The van der Waals surface area contributed by atoms with Crippen LogP contribution in [0.4, 0.5) is 0 Å². The third-order valence-electron chi connectivity index (χ3n) is 3.86. The topological polar surface area (TPSA) is 21.7 Å². The molecule has 0 N–H and O–H groups in total. The minimum atomic E-state index is 0.490. The van der Waals surface area contributed by atoms with Crippen molar-refractivity contribution in [3.8, 4) is 0 Å². The van der Waals surface area contributed by atoms with Gasteiger partial charge in [0.15, 0.2) is 0 Å². The second-order valence-corrected chi connectivity index (χ2v) is 5.81. The van der Waals surface area contributed by atoms with Gasteiger partial charge in [-0.1, -0.05) is 96.2 Å². The number of hydroxylamine groups is 2. The molecule has 0 unspecified atom stereocenters. The van der Waals surface area contributed by atoms with E-state index in [0.717, 1.165) is 17.5 Å². The standard InChI is InChI=1S/C22H23NO2/c1-4-10-20(11-5-1)16-17-23(24-18-21-12-6-2-7-13-21)25-19-22-14-8-3-9-15-22/h1-15H,16-19H2. The van der Waals surface area contributed by atoms with Crippen molar-refractivity contribution in [2.75, 3.05) is 6.54 Å². The summed E-state index contributed by atoms with van der Waals surface area (Å²) in [5, 5.41) is 1.60. The van der Waals surface area contributed by atoms with Gasteiger partial charge in [0, 0.05) is 0 Å². The summed E-state index contributed by atoms with van der Waals surface area (Å²) in [7, 11) is 0. The number of hydrogen-bond donors (Lipinski definition) is 0. The molecule has 3 aromatic rings. The van der Waals surface area contributed by atoms with Crippen LogP contribution in [0.3, 0.4) is 0 Å². The smallest absolute Gasteiger partial charge is 0.0962 e. The minimum absolute atomic E-state index is 0.490. The first-order valence-electron chi connectivity index (χ1n) is 8.55. The molecule has 0 amide bonds. The zero-order chi connectivity index (χ0) is 17.2. The normalized spacial score (nSPS) is 10.9. The van der Waals surface area contributed by atoms with Crippen LogP contribution in [0, 0.1) is 0 Å². The van der Waals surface area contributed by atoms with E-state index >= 15 is 0 Å². The second kappa shape index (κ2) is 9.74. The fraction of sp³-hybridized carbons (Fsp3) is 0.182. The Kier molecular flexibility index (Phi) is 6.77. The van der Waals surface area contributed by atoms with Gasteiger partial charge in [0.1, 0.15) is 0 Å². The maximum absolute atomic E-state index is 5.88. The third kappa shape index (κ3) is 6.16. The van der Waals surface area contributed by atoms with Crippen LogP contribution in [0.15, 0.2) is 91.0 Å². The first-order valence-corrected chi connectivity index (χ1v) is 8.55. The lowest BCUT2D eigenvalue weighted by Gasteiger charge is -2.21. The highest BCUT2D eigenvalue weighted by atomic mass is 16.9. The summed E-state index contributed by atoms with van der Waals surface area (Å²) in [4.78, 5) is 11.8. The molecule has 0 saturated carbocycles. The molecule has 0 saturated heterocycles. The molecule has 0 radical (unpaired) electrons. The van der Waals surface area contributed by atoms with Crippen LogP contribution < -0.4 is 0 Å². The Morgan fingerprint density at radius 3 is 1.36 bits per heavy atom. The highest BCUT2D eigenvalue weighted by molar-refractivity contribution is 5.15. The van der Waals surface area contributed by atoms with E-state index in [1.54, 1.807) is 5.23 Å². The van der Waals surface area contributed by atoms with Crippen molar-refractivity contribution in [3.63, 3.8) is 0 Å². The molecule has 0 atom stereocenters. The van der Waals surface area contributed by atoms with Gasteiger partial charge in [-0.2, -0.15) is 0 Å². The van der Waals surface area contributed by atoms with Crippen LogP contribution in [-0.4, -0.2) is 11.8 Å². The Morgan fingerprint density at radius 1 is 0.520 bits per heavy atom. The Hall–Kier alpha value is -2.46. The van der Waals surface area contributed by atoms with Crippen molar-refractivity contribution in [3.05, 3.63) is 108 Å². The Bertz CT molecular complexity index is 613. The molecule has 0 bridgehead atoms. The van der Waals surface area contributed by atoms with Crippen LogP contribution >= 0.6 is 0 Å². The first-order chi connectivity index (χ1) is 12.4. The third-order valence-corrected chi connectivity index (χ3v) is 3.86. The van der Waals surface area contributed by atoms with Crippen molar-refractivity contribution in [1.82, 2.24) is 5.23 Å². The van der Waals surface area contributed by atoms with Gasteiger partial charge in [-0.05, 0) is 23.1 Å². The summed E-state index contributed by atoms with van der Waals surface area (Å²) in [6, 6.07) is 30.6. The molecule has 0 spiro atoms. The molecule has 3 aromatic carbocycles. The maximum Gasteiger partial charge on any atom is 0.0962 e. The summed E-state index contributed by atoms with van der Waals surface area (Å²) >= 11 is 0. The number of benzene rings is 3. The van der Waals surface area contributed by atoms with Crippen molar-refractivity contribution in [1.29, 1.82) is 0 Å². The van der Waals surface area contributed by atoms with Gasteiger partial charge in [-0.3, -0.25) is 9.68 Å². The average Bonchev–Trinajstić information content (AvgIpc) is 2.70. The van der Waals surface area contributed by atoms with Crippen LogP contribution in [0.1, 0.15) is 16.7 Å². The van der Waals surface area contributed by atoms with Gasteiger partial charge in [0.2, 0.25) is 0 Å².